The van der Waals surface area contributed by atoms with Gasteiger partial charge < -0.3 is 20.1 Å². The zero-order chi connectivity index (χ0) is 18.7. The highest BCUT2D eigenvalue weighted by Crippen LogP contribution is 2.32. The van der Waals surface area contributed by atoms with Gasteiger partial charge in [0.2, 0.25) is 18.6 Å². The highest BCUT2D eigenvalue weighted by molar-refractivity contribution is 6.09. The van der Waals surface area contributed by atoms with Crippen molar-refractivity contribution in [3.05, 3.63) is 53.8 Å². The molecule has 6 nitrogen and oxygen atoms in total. The summed E-state index contributed by atoms with van der Waals surface area (Å²) in [6.07, 6.45) is 0. The van der Waals surface area contributed by atoms with E-state index in [2.05, 4.69) is 10.6 Å². The third-order valence-corrected chi connectivity index (χ3v) is 4.11. The fourth-order valence-electron chi connectivity index (χ4n) is 2.41. The Morgan fingerprint density at radius 2 is 1.85 bits per heavy atom. The maximum Gasteiger partial charge on any atom is 0.239 e. The van der Waals surface area contributed by atoms with Gasteiger partial charge in [0, 0.05) is 12.2 Å². The first-order chi connectivity index (χ1) is 12.4. The number of carbonyl (C=O) groups excluding carboxylic acids is 2. The molecule has 136 valence electrons. The second kappa shape index (κ2) is 7.03. The Kier molecular flexibility index (Phi) is 4.79. The van der Waals surface area contributed by atoms with Gasteiger partial charge in [0.05, 0.1) is 0 Å². The predicted octanol–water partition coefficient (Wildman–Crippen LogP) is 2.84. The molecule has 1 aliphatic heterocycles. The van der Waals surface area contributed by atoms with Crippen LogP contribution in [0.3, 0.4) is 0 Å². The Morgan fingerprint density at radius 1 is 1.08 bits per heavy atom. The zero-order valence-corrected chi connectivity index (χ0v) is 14.5. The van der Waals surface area contributed by atoms with Crippen LogP contribution in [0.5, 0.6) is 11.5 Å². The lowest BCUT2D eigenvalue weighted by Gasteiger charge is -2.22. The quantitative estimate of drug-likeness (QED) is 0.806. The SMILES string of the molecule is CC(C)(C(=O)NCc1ccc2c(c1)OCO2)C(=O)Nc1cccc(F)c1. The van der Waals surface area contributed by atoms with Gasteiger partial charge in [0.15, 0.2) is 11.5 Å². The molecule has 0 saturated heterocycles. The van der Waals surface area contributed by atoms with Crippen LogP contribution in [0, 0.1) is 11.2 Å². The van der Waals surface area contributed by atoms with E-state index in [1.807, 2.05) is 6.07 Å². The largest absolute Gasteiger partial charge is 0.454 e. The van der Waals surface area contributed by atoms with Crippen LogP contribution in [0.2, 0.25) is 0 Å². The van der Waals surface area contributed by atoms with Crippen LogP contribution in [0.25, 0.3) is 0 Å². The van der Waals surface area contributed by atoms with Gasteiger partial charge in [-0.25, -0.2) is 4.39 Å². The van der Waals surface area contributed by atoms with Crippen molar-refractivity contribution in [3.63, 3.8) is 0 Å². The molecule has 3 rings (SSSR count). The fraction of sp³-hybridized carbons (Fsp3) is 0.263. The first-order valence-electron chi connectivity index (χ1n) is 8.10. The Hall–Kier alpha value is -3.09. The molecule has 1 aliphatic rings. The van der Waals surface area contributed by atoms with E-state index in [9.17, 15) is 14.0 Å². The number of benzene rings is 2. The molecule has 0 radical (unpaired) electrons. The number of rotatable bonds is 5. The van der Waals surface area contributed by atoms with E-state index in [4.69, 9.17) is 9.47 Å². The summed E-state index contributed by atoms with van der Waals surface area (Å²) in [5, 5.41) is 5.30. The molecule has 2 aromatic rings. The summed E-state index contributed by atoms with van der Waals surface area (Å²) in [6.45, 7) is 3.44. The standard InChI is InChI=1S/C19H19FN2O4/c1-19(2,18(24)22-14-5-3-4-13(20)9-14)17(23)21-10-12-6-7-15-16(8-12)26-11-25-15/h3-9H,10-11H2,1-2H3,(H,21,23)(H,22,24). The van der Waals surface area contributed by atoms with Crippen LogP contribution >= 0.6 is 0 Å². The molecule has 0 spiro atoms. The molecule has 26 heavy (non-hydrogen) atoms. The summed E-state index contributed by atoms with van der Waals surface area (Å²) in [7, 11) is 0. The maximum absolute atomic E-state index is 13.2. The average molecular weight is 358 g/mol. The van der Waals surface area contributed by atoms with E-state index in [0.717, 1.165) is 5.56 Å². The Labute approximate surface area is 150 Å². The second-order valence-corrected chi connectivity index (χ2v) is 6.46. The van der Waals surface area contributed by atoms with E-state index >= 15 is 0 Å². The molecule has 2 aromatic carbocycles. The average Bonchev–Trinajstić information content (AvgIpc) is 3.07. The number of nitrogens with one attached hydrogen (secondary N) is 2. The molecule has 0 aromatic heterocycles. The summed E-state index contributed by atoms with van der Waals surface area (Å²) in [6, 6.07) is 10.9. The van der Waals surface area contributed by atoms with Crippen molar-refractivity contribution in [2.75, 3.05) is 12.1 Å². The lowest BCUT2D eigenvalue weighted by atomic mass is 9.90. The molecule has 2 N–H and O–H groups in total. The van der Waals surface area contributed by atoms with Crippen LogP contribution in [-0.2, 0) is 16.1 Å². The fourth-order valence-corrected chi connectivity index (χ4v) is 2.41. The van der Waals surface area contributed by atoms with Gasteiger partial charge in [0.1, 0.15) is 11.2 Å². The number of fused-ring (bicyclic) bond motifs is 1. The van der Waals surface area contributed by atoms with E-state index in [0.29, 0.717) is 17.2 Å². The van der Waals surface area contributed by atoms with Gasteiger partial charge in [-0.2, -0.15) is 0 Å². The van der Waals surface area contributed by atoms with E-state index < -0.39 is 23.0 Å². The zero-order valence-electron chi connectivity index (χ0n) is 14.5. The van der Waals surface area contributed by atoms with Crippen molar-refractivity contribution in [2.45, 2.75) is 20.4 Å². The van der Waals surface area contributed by atoms with Crippen molar-refractivity contribution < 1.29 is 23.5 Å². The topological polar surface area (TPSA) is 76.7 Å². The van der Waals surface area contributed by atoms with Gasteiger partial charge >= 0.3 is 0 Å². The summed E-state index contributed by atoms with van der Waals surface area (Å²) in [4.78, 5) is 24.9. The molecular formula is C19H19FN2O4. The first-order valence-corrected chi connectivity index (χ1v) is 8.10. The highest BCUT2D eigenvalue weighted by Gasteiger charge is 2.36. The van der Waals surface area contributed by atoms with Crippen molar-refractivity contribution >= 4 is 17.5 Å². The summed E-state index contributed by atoms with van der Waals surface area (Å²) in [5.74, 6) is -0.141. The van der Waals surface area contributed by atoms with Gasteiger partial charge in [-0.15, -0.1) is 0 Å². The number of ether oxygens (including phenoxy) is 2. The smallest absolute Gasteiger partial charge is 0.239 e. The minimum absolute atomic E-state index is 0.179. The van der Waals surface area contributed by atoms with E-state index in [1.54, 1.807) is 18.2 Å². The molecule has 0 atom stereocenters. The molecule has 7 heteroatoms. The van der Waals surface area contributed by atoms with Crippen LogP contribution in [0.15, 0.2) is 42.5 Å². The van der Waals surface area contributed by atoms with Crippen LogP contribution < -0.4 is 20.1 Å². The Balaban J connectivity index is 1.61. The molecule has 1 heterocycles. The van der Waals surface area contributed by atoms with Gasteiger partial charge in [-0.3, -0.25) is 9.59 Å². The van der Waals surface area contributed by atoms with Crippen LogP contribution in [0.4, 0.5) is 10.1 Å². The lowest BCUT2D eigenvalue weighted by molar-refractivity contribution is -0.138. The normalized spacial score (nSPS) is 12.6. The molecule has 0 unspecified atom stereocenters. The van der Waals surface area contributed by atoms with Crippen LogP contribution in [0.1, 0.15) is 19.4 Å². The number of halogens is 1. The molecule has 0 fully saturated rings. The van der Waals surface area contributed by atoms with Crippen molar-refractivity contribution in [2.24, 2.45) is 5.41 Å². The molecule has 0 bridgehead atoms. The van der Waals surface area contributed by atoms with Crippen molar-refractivity contribution in [3.8, 4) is 11.5 Å². The number of carbonyl (C=O) groups is 2. The van der Waals surface area contributed by atoms with Crippen molar-refractivity contribution in [1.82, 2.24) is 5.32 Å². The molecule has 0 aliphatic carbocycles. The van der Waals surface area contributed by atoms with Gasteiger partial charge in [-0.1, -0.05) is 12.1 Å². The van der Waals surface area contributed by atoms with E-state index in [-0.39, 0.29) is 13.3 Å². The van der Waals surface area contributed by atoms with E-state index in [1.165, 1.54) is 32.0 Å². The first kappa shape index (κ1) is 17.7. The summed E-state index contributed by atoms with van der Waals surface area (Å²) in [5.41, 5.74) is -0.210. The molecule has 0 saturated carbocycles. The lowest BCUT2D eigenvalue weighted by Crippen LogP contribution is -2.44. The summed E-state index contributed by atoms with van der Waals surface area (Å²) < 4.78 is 23.8. The number of amides is 2. The second-order valence-electron chi connectivity index (χ2n) is 6.46. The Morgan fingerprint density at radius 3 is 2.62 bits per heavy atom. The number of anilines is 1. The Bertz CT molecular complexity index is 851. The third-order valence-electron chi connectivity index (χ3n) is 4.11. The van der Waals surface area contributed by atoms with Gasteiger partial charge in [-0.05, 0) is 49.7 Å². The van der Waals surface area contributed by atoms with Crippen molar-refractivity contribution in [1.29, 1.82) is 0 Å². The number of hydrogen-bond acceptors (Lipinski definition) is 4. The maximum atomic E-state index is 13.2. The predicted molar refractivity (Wildman–Crippen MR) is 93.2 cm³/mol. The summed E-state index contributed by atoms with van der Waals surface area (Å²) >= 11 is 0. The van der Waals surface area contributed by atoms with Crippen LogP contribution in [-0.4, -0.2) is 18.6 Å². The highest BCUT2D eigenvalue weighted by atomic mass is 19.1. The molecular weight excluding hydrogens is 339 g/mol. The van der Waals surface area contributed by atoms with Gasteiger partial charge in [0.25, 0.3) is 0 Å². The molecule has 2 amide bonds. The monoisotopic (exact) mass is 358 g/mol. The minimum Gasteiger partial charge on any atom is -0.454 e. The third kappa shape index (κ3) is 3.77. The minimum atomic E-state index is -1.33. The number of hydrogen-bond donors (Lipinski definition) is 2.